The van der Waals surface area contributed by atoms with E-state index in [9.17, 15) is 19.8 Å². The Morgan fingerprint density at radius 3 is 2.50 bits per heavy atom. The van der Waals surface area contributed by atoms with Crippen molar-refractivity contribution in [2.75, 3.05) is 26.2 Å². The summed E-state index contributed by atoms with van der Waals surface area (Å²) in [7, 11) is 0. The van der Waals surface area contributed by atoms with E-state index in [0.717, 1.165) is 42.4 Å². The minimum atomic E-state index is -0.690. The van der Waals surface area contributed by atoms with Crippen LogP contribution in [0, 0.1) is 12.8 Å². The summed E-state index contributed by atoms with van der Waals surface area (Å²) in [5.74, 6) is 0.0552. The van der Waals surface area contributed by atoms with Crippen molar-refractivity contribution in [3.63, 3.8) is 0 Å². The highest BCUT2D eigenvalue weighted by Gasteiger charge is 2.35. The summed E-state index contributed by atoms with van der Waals surface area (Å²) in [4.78, 5) is 28.5. The molecule has 34 heavy (non-hydrogen) atoms. The van der Waals surface area contributed by atoms with Crippen molar-refractivity contribution in [3.8, 4) is 0 Å². The van der Waals surface area contributed by atoms with E-state index < -0.39 is 5.60 Å². The number of pyridine rings is 1. The standard InChI is InChI=1S/C27H39N3O4/c1-18(2)30-24-6-4-5-19(3)22(24)15-23(26(30)33)25(32)28-16-20-9-13-29(14-10-20)17-27(34)11-7-21(31)8-12-27/h4-6,15,18,20-21,31,34H,7-14,16-17H2,1-3H3,(H,28,32). The molecule has 2 fully saturated rings. The van der Waals surface area contributed by atoms with E-state index in [1.54, 1.807) is 10.6 Å². The van der Waals surface area contributed by atoms with Crippen molar-refractivity contribution in [1.82, 2.24) is 14.8 Å². The van der Waals surface area contributed by atoms with Crippen LogP contribution in [0.25, 0.3) is 10.9 Å². The molecule has 7 heteroatoms. The fourth-order valence-electron chi connectivity index (χ4n) is 5.58. The number of aliphatic hydroxyl groups excluding tert-OH is 1. The fraction of sp³-hybridized carbons (Fsp3) is 0.630. The highest BCUT2D eigenvalue weighted by atomic mass is 16.3. The second kappa shape index (κ2) is 10.2. The normalized spacial score (nSPS) is 24.6. The number of fused-ring (bicyclic) bond motifs is 1. The van der Waals surface area contributed by atoms with Gasteiger partial charge in [0.1, 0.15) is 5.56 Å². The molecule has 0 unspecified atom stereocenters. The molecule has 2 aromatic rings. The summed E-state index contributed by atoms with van der Waals surface area (Å²) in [5, 5.41) is 24.5. The molecule has 1 amide bonds. The van der Waals surface area contributed by atoms with Crippen molar-refractivity contribution in [2.45, 2.75) is 77.0 Å². The van der Waals surface area contributed by atoms with Crippen LogP contribution in [0.1, 0.15) is 74.3 Å². The number of piperidine rings is 1. The number of carbonyl (C=O) groups excluding carboxylic acids is 1. The quantitative estimate of drug-likeness (QED) is 0.605. The highest BCUT2D eigenvalue weighted by Crippen LogP contribution is 2.30. The summed E-state index contributed by atoms with van der Waals surface area (Å²) in [6.07, 6.45) is 4.29. The van der Waals surface area contributed by atoms with Crippen molar-refractivity contribution in [2.24, 2.45) is 5.92 Å². The molecule has 186 valence electrons. The van der Waals surface area contributed by atoms with Crippen LogP contribution in [0.4, 0.5) is 0 Å². The van der Waals surface area contributed by atoms with Crippen molar-refractivity contribution < 1.29 is 15.0 Å². The maximum absolute atomic E-state index is 13.2. The van der Waals surface area contributed by atoms with Gasteiger partial charge in [0, 0.05) is 24.5 Å². The molecule has 0 bridgehead atoms. The van der Waals surface area contributed by atoms with Gasteiger partial charge >= 0.3 is 0 Å². The average molecular weight is 470 g/mol. The number of rotatable bonds is 6. The van der Waals surface area contributed by atoms with Crippen LogP contribution < -0.4 is 10.9 Å². The average Bonchev–Trinajstić information content (AvgIpc) is 2.80. The summed E-state index contributed by atoms with van der Waals surface area (Å²) >= 11 is 0. The third-order valence-corrected chi connectivity index (χ3v) is 7.72. The fourth-order valence-corrected chi connectivity index (χ4v) is 5.58. The van der Waals surface area contributed by atoms with Gasteiger partial charge in [0.15, 0.2) is 0 Å². The van der Waals surface area contributed by atoms with Crippen molar-refractivity contribution >= 4 is 16.8 Å². The zero-order valence-electron chi connectivity index (χ0n) is 20.7. The summed E-state index contributed by atoms with van der Waals surface area (Å²) in [6, 6.07) is 7.57. The Morgan fingerprint density at radius 1 is 1.18 bits per heavy atom. The zero-order valence-corrected chi connectivity index (χ0v) is 20.7. The predicted octanol–water partition coefficient (Wildman–Crippen LogP) is 3.00. The van der Waals surface area contributed by atoms with Crippen molar-refractivity contribution in [1.29, 1.82) is 0 Å². The van der Waals surface area contributed by atoms with Gasteiger partial charge in [-0.2, -0.15) is 0 Å². The number of β-amino-alcohol motifs (C(OH)–C–C–N with tert-alkyl or cyclic N) is 1. The molecule has 2 heterocycles. The van der Waals surface area contributed by atoms with Gasteiger partial charge in [-0.25, -0.2) is 0 Å². The predicted molar refractivity (Wildman–Crippen MR) is 134 cm³/mol. The smallest absolute Gasteiger partial charge is 0.264 e. The molecule has 1 saturated heterocycles. The molecule has 3 N–H and O–H groups in total. The Labute approximate surface area is 201 Å². The lowest BCUT2D eigenvalue weighted by Crippen LogP contribution is -2.49. The topological polar surface area (TPSA) is 94.8 Å². The molecule has 4 rings (SSSR count). The Morgan fingerprint density at radius 2 is 1.85 bits per heavy atom. The molecule has 1 saturated carbocycles. The largest absolute Gasteiger partial charge is 0.393 e. The van der Waals surface area contributed by atoms with Gasteiger partial charge in [0.2, 0.25) is 0 Å². The van der Waals surface area contributed by atoms with Gasteiger partial charge in [0.25, 0.3) is 11.5 Å². The van der Waals surface area contributed by atoms with E-state index in [1.165, 1.54) is 0 Å². The maximum Gasteiger partial charge on any atom is 0.264 e. The first-order valence-electron chi connectivity index (χ1n) is 12.7. The zero-order chi connectivity index (χ0) is 24.5. The van der Waals surface area contributed by atoms with Gasteiger partial charge in [-0.15, -0.1) is 0 Å². The third kappa shape index (κ3) is 5.37. The van der Waals surface area contributed by atoms with E-state index >= 15 is 0 Å². The lowest BCUT2D eigenvalue weighted by Gasteiger charge is -2.41. The lowest BCUT2D eigenvalue weighted by atomic mass is 9.82. The number of aryl methyl sites for hydroxylation is 1. The number of nitrogens with one attached hydrogen (secondary N) is 1. The maximum atomic E-state index is 13.2. The van der Waals surface area contributed by atoms with Gasteiger partial charge in [0.05, 0.1) is 17.2 Å². The number of aliphatic hydroxyl groups is 2. The van der Waals surface area contributed by atoms with Gasteiger partial charge in [-0.05, 0) is 96.0 Å². The Bertz CT molecular complexity index is 1080. The van der Waals surface area contributed by atoms with Gasteiger partial charge < -0.3 is 25.0 Å². The summed E-state index contributed by atoms with van der Waals surface area (Å²) < 4.78 is 1.71. The van der Waals surface area contributed by atoms with Crippen LogP contribution in [-0.4, -0.2) is 63.5 Å². The van der Waals surface area contributed by atoms with E-state index in [4.69, 9.17) is 0 Å². The van der Waals surface area contributed by atoms with Gasteiger partial charge in [-0.1, -0.05) is 12.1 Å². The number of benzene rings is 1. The van der Waals surface area contributed by atoms with Crippen LogP contribution in [0.5, 0.6) is 0 Å². The first kappa shape index (κ1) is 24.9. The molecule has 1 aromatic carbocycles. The second-order valence-electron chi connectivity index (χ2n) is 10.7. The second-order valence-corrected chi connectivity index (χ2v) is 10.7. The number of aromatic nitrogens is 1. The molecular formula is C27H39N3O4. The molecule has 0 radical (unpaired) electrons. The SMILES string of the molecule is Cc1cccc2c1cc(C(=O)NCC1CCN(CC3(O)CCC(O)CC3)CC1)c(=O)n2C(C)C. The lowest BCUT2D eigenvalue weighted by molar-refractivity contribution is -0.0572. The van der Waals surface area contributed by atoms with E-state index in [0.29, 0.717) is 44.7 Å². The number of carbonyl (C=O) groups is 1. The highest BCUT2D eigenvalue weighted by molar-refractivity contribution is 5.98. The van der Waals surface area contributed by atoms with Crippen LogP contribution in [0.15, 0.2) is 29.1 Å². The van der Waals surface area contributed by atoms with E-state index in [-0.39, 0.29) is 29.2 Å². The molecule has 0 atom stereocenters. The van der Waals surface area contributed by atoms with Crippen LogP contribution >= 0.6 is 0 Å². The van der Waals surface area contributed by atoms with Crippen molar-refractivity contribution in [3.05, 3.63) is 45.7 Å². The first-order valence-corrected chi connectivity index (χ1v) is 12.7. The monoisotopic (exact) mass is 469 g/mol. The van der Waals surface area contributed by atoms with Crippen LogP contribution in [0.2, 0.25) is 0 Å². The summed E-state index contributed by atoms with van der Waals surface area (Å²) in [6.45, 7) is 8.91. The Kier molecular flexibility index (Phi) is 7.45. The first-order chi connectivity index (χ1) is 16.2. The number of nitrogens with zero attached hydrogens (tertiary/aromatic N) is 2. The minimum absolute atomic E-state index is 0.0453. The molecule has 1 aromatic heterocycles. The van der Waals surface area contributed by atoms with Crippen LogP contribution in [0.3, 0.4) is 0 Å². The molecule has 7 nitrogen and oxygen atoms in total. The van der Waals surface area contributed by atoms with E-state index in [2.05, 4.69) is 10.2 Å². The molecule has 1 aliphatic heterocycles. The van der Waals surface area contributed by atoms with E-state index in [1.807, 2.05) is 39.0 Å². The van der Waals surface area contributed by atoms with Gasteiger partial charge in [-0.3, -0.25) is 9.59 Å². The Hall–Kier alpha value is -2.22. The Balaban J connectivity index is 1.36. The number of likely N-dealkylation sites (tertiary alicyclic amines) is 1. The number of hydrogen-bond acceptors (Lipinski definition) is 5. The molecule has 2 aliphatic rings. The number of hydrogen-bond donors (Lipinski definition) is 3. The third-order valence-electron chi connectivity index (χ3n) is 7.72. The molecular weight excluding hydrogens is 430 g/mol. The number of amides is 1. The molecule has 1 aliphatic carbocycles. The molecule has 0 spiro atoms. The minimum Gasteiger partial charge on any atom is -0.393 e. The van der Waals surface area contributed by atoms with Crippen LogP contribution in [-0.2, 0) is 0 Å². The summed E-state index contributed by atoms with van der Waals surface area (Å²) in [5.41, 5.74) is 1.17.